The van der Waals surface area contributed by atoms with Crippen LogP contribution in [0.25, 0.3) is 10.9 Å². The normalized spacial score (nSPS) is 20.3. The molecule has 77 heavy (non-hydrogen) atoms. The fourth-order valence-electron chi connectivity index (χ4n) is 10.9. The molecule has 0 spiro atoms. The molecule has 22 heteroatoms. The Labute approximate surface area is 450 Å². The highest BCUT2D eigenvalue weighted by Gasteiger charge is 2.45. The topological polar surface area (TPSA) is 262 Å². The van der Waals surface area contributed by atoms with Gasteiger partial charge in [-0.15, -0.1) is 0 Å². The van der Waals surface area contributed by atoms with Crippen molar-refractivity contribution in [2.75, 3.05) is 63.1 Å². The number of hydrogen-bond donors (Lipinski definition) is 6. The van der Waals surface area contributed by atoms with E-state index in [0.29, 0.717) is 61.2 Å². The Morgan fingerprint density at radius 2 is 1.64 bits per heavy atom. The number of ether oxygens (including phenoxy) is 1. The molecule has 4 aliphatic rings. The Balaban J connectivity index is 0.829. The predicted octanol–water partition coefficient (Wildman–Crippen LogP) is 4.84. The van der Waals surface area contributed by atoms with Crippen molar-refractivity contribution in [3.8, 4) is 5.75 Å². The summed E-state index contributed by atoms with van der Waals surface area (Å²) in [5.74, 6) is 0.325. The minimum absolute atomic E-state index is 0.0539. The lowest BCUT2D eigenvalue weighted by Crippen LogP contribution is -2.58. The zero-order valence-electron chi connectivity index (χ0n) is 45.3. The number of H-pyrrole nitrogens is 1. The first-order valence-corrected chi connectivity index (χ1v) is 28.6. The molecule has 0 radical (unpaired) electrons. The lowest BCUT2D eigenvalue weighted by molar-refractivity contribution is -0.143. The van der Waals surface area contributed by atoms with Crippen molar-refractivity contribution in [1.29, 1.82) is 0 Å². The van der Waals surface area contributed by atoms with E-state index in [2.05, 4.69) is 67.7 Å². The van der Waals surface area contributed by atoms with Crippen LogP contribution in [0.1, 0.15) is 118 Å². The number of nitrogens with zero attached hydrogens (tertiary/aromatic N) is 8. The number of likely N-dealkylation sites (N-methyl/N-ethyl adjacent to an activating group) is 1. The van der Waals surface area contributed by atoms with E-state index in [9.17, 15) is 27.6 Å². The fraction of sp³-hybridized carbons (Fsp3) is 0.545. The zero-order valence-corrected chi connectivity index (χ0v) is 46.1. The number of carbonyl (C=O) groups excluding carboxylic acids is 4. The summed E-state index contributed by atoms with van der Waals surface area (Å²) in [6.45, 7) is 13.9. The summed E-state index contributed by atoms with van der Waals surface area (Å²) < 4.78 is 33.3. The van der Waals surface area contributed by atoms with Crippen LogP contribution in [0, 0.1) is 19.8 Å². The van der Waals surface area contributed by atoms with Crippen LogP contribution in [-0.4, -0.2) is 154 Å². The van der Waals surface area contributed by atoms with Crippen LogP contribution in [0.2, 0.25) is 0 Å². The van der Waals surface area contributed by atoms with Crippen LogP contribution in [0.5, 0.6) is 5.75 Å². The van der Waals surface area contributed by atoms with Crippen molar-refractivity contribution < 1.29 is 32.3 Å². The van der Waals surface area contributed by atoms with Crippen LogP contribution < -0.4 is 36.2 Å². The number of rotatable bonds is 17. The number of piperazine rings is 1. The number of aryl methyl sites for hydroxylation is 2. The first kappa shape index (κ1) is 55.0. The molecule has 9 rings (SSSR count). The number of likely N-dealkylation sites (tertiary alicyclic amines) is 1. The van der Waals surface area contributed by atoms with E-state index >= 15 is 0 Å². The summed E-state index contributed by atoms with van der Waals surface area (Å²) in [4.78, 5) is 80.5. The van der Waals surface area contributed by atoms with Gasteiger partial charge in [0.15, 0.2) is 15.7 Å². The van der Waals surface area contributed by atoms with Gasteiger partial charge in [-0.25, -0.2) is 28.4 Å². The van der Waals surface area contributed by atoms with Crippen LogP contribution in [0.3, 0.4) is 0 Å². The molecule has 0 bridgehead atoms. The Bertz CT molecular complexity index is 3060. The SMILES string of the molecule is CNC(C)C(=O)NC(C(=O)N1C[C@@H](NC(=O)c2cnc(N3CCN(CCOc4cc5ncnc(Nc6n[nH]c(C)c6C)c5cc4S(=O)(=O)C(C)(C)C)CC3)nc2)C[C@H]1C(=O)N[C@@H]1CCCc2ccccc21)C1CCCCC1. The molecule has 5 aromatic rings. The number of sulfone groups is 1. The van der Waals surface area contributed by atoms with Crippen LogP contribution in [0.15, 0.2) is 60.0 Å². The number of nitrogens with one attached hydrogen (secondary N) is 6. The maximum absolute atomic E-state index is 14.8. The minimum Gasteiger partial charge on any atom is -0.491 e. The maximum atomic E-state index is 14.8. The predicted molar refractivity (Wildman–Crippen MR) is 293 cm³/mol. The molecule has 2 aromatic carbocycles. The van der Waals surface area contributed by atoms with Gasteiger partial charge in [-0.3, -0.25) is 29.2 Å². The van der Waals surface area contributed by atoms with E-state index in [1.807, 2.05) is 36.9 Å². The van der Waals surface area contributed by atoms with E-state index in [4.69, 9.17) is 4.74 Å². The highest BCUT2D eigenvalue weighted by atomic mass is 32.2. The smallest absolute Gasteiger partial charge is 0.254 e. The summed E-state index contributed by atoms with van der Waals surface area (Å²) >= 11 is 0. The van der Waals surface area contributed by atoms with Crippen LogP contribution >= 0.6 is 0 Å². The van der Waals surface area contributed by atoms with E-state index in [0.717, 1.165) is 68.2 Å². The molecule has 2 aliphatic carbocycles. The second-order valence-corrected chi connectivity index (χ2v) is 24.7. The number of carbonyl (C=O) groups is 4. The first-order chi connectivity index (χ1) is 36.9. The van der Waals surface area contributed by atoms with Gasteiger partial charge in [0.2, 0.25) is 23.7 Å². The van der Waals surface area contributed by atoms with E-state index < -0.39 is 44.7 Å². The molecular formula is C55H74N14O7S. The minimum atomic E-state index is -3.87. The highest BCUT2D eigenvalue weighted by molar-refractivity contribution is 7.92. The Kier molecular flexibility index (Phi) is 16.7. The number of aromatic amines is 1. The molecule has 5 heterocycles. The van der Waals surface area contributed by atoms with Gasteiger partial charge < -0.3 is 41.1 Å². The molecule has 5 atom stereocenters. The molecule has 2 aliphatic heterocycles. The lowest BCUT2D eigenvalue weighted by atomic mass is 9.83. The lowest BCUT2D eigenvalue weighted by Gasteiger charge is -2.35. The maximum Gasteiger partial charge on any atom is 0.254 e. The van der Waals surface area contributed by atoms with Gasteiger partial charge in [0, 0.05) is 80.4 Å². The third kappa shape index (κ3) is 12.2. The third-order valence-corrected chi connectivity index (χ3v) is 18.4. The van der Waals surface area contributed by atoms with Crippen LogP contribution in [-0.2, 0) is 30.6 Å². The van der Waals surface area contributed by atoms with Gasteiger partial charge in [0.1, 0.15) is 41.5 Å². The van der Waals surface area contributed by atoms with Crippen LogP contribution in [0.4, 0.5) is 17.6 Å². The Morgan fingerprint density at radius 3 is 2.34 bits per heavy atom. The summed E-state index contributed by atoms with van der Waals surface area (Å²) in [5, 5.41) is 23.4. The second kappa shape index (κ2) is 23.4. The van der Waals surface area contributed by atoms with E-state index in [1.165, 1.54) is 24.3 Å². The van der Waals surface area contributed by atoms with Crippen molar-refractivity contribution in [1.82, 2.24) is 61.2 Å². The fourth-order valence-corrected chi connectivity index (χ4v) is 12.2. The third-order valence-electron chi connectivity index (χ3n) is 15.9. The Hall–Kier alpha value is -6.78. The van der Waals surface area contributed by atoms with Gasteiger partial charge in [-0.05, 0) is 110 Å². The van der Waals surface area contributed by atoms with Crippen molar-refractivity contribution >= 4 is 62.0 Å². The molecule has 3 fully saturated rings. The standard InChI is InChI=1S/C55H74N14O7S/c1-33-34(2)65-66-48(33)64-49-41-27-46(77(74,75)55(4,5)6)45(28-43(41)59-32-60-49)76-25-24-67-20-22-68(23-21-67)54-57-29-38(30-58-54)51(71)61-39-26-44(52(72)62-42-19-13-17-36-14-11-12-18-40(36)42)69(31-39)53(73)47(37-15-9-8-10-16-37)63-50(70)35(3)56-7/h11-12,14,18,27-30,32,35,37,39,42,44,47,56H,8-10,13,15-17,19-26,31H2,1-7H3,(H,61,71)(H,62,72)(H,63,70)(H2,59,60,64,65,66)/t35?,39-,42+,44-,47?/m0/s1. The highest BCUT2D eigenvalue weighted by Crippen LogP contribution is 2.38. The molecule has 1 saturated carbocycles. The second-order valence-electron chi connectivity index (χ2n) is 22.0. The first-order valence-electron chi connectivity index (χ1n) is 27.1. The largest absolute Gasteiger partial charge is 0.491 e. The van der Waals surface area contributed by atoms with E-state index in [-0.39, 0.29) is 65.5 Å². The van der Waals surface area contributed by atoms with Gasteiger partial charge in [0.05, 0.1) is 27.9 Å². The number of benzene rings is 2. The average Bonchev–Trinajstić information content (AvgIpc) is 4.01. The van der Waals surface area contributed by atoms with Gasteiger partial charge in [0.25, 0.3) is 5.91 Å². The zero-order chi connectivity index (χ0) is 54.6. The van der Waals surface area contributed by atoms with Crippen molar-refractivity contribution in [2.45, 2.75) is 139 Å². The van der Waals surface area contributed by atoms with Gasteiger partial charge in [-0.2, -0.15) is 5.10 Å². The molecule has 6 N–H and O–H groups in total. The average molecular weight is 1080 g/mol. The van der Waals surface area contributed by atoms with Gasteiger partial charge in [-0.1, -0.05) is 43.5 Å². The molecule has 4 amide bonds. The van der Waals surface area contributed by atoms with Crippen molar-refractivity contribution in [2.24, 2.45) is 5.92 Å². The number of hydrogen-bond acceptors (Lipinski definition) is 16. The molecule has 412 valence electrons. The summed E-state index contributed by atoms with van der Waals surface area (Å²) in [6, 6.07) is 8.40. The monoisotopic (exact) mass is 1070 g/mol. The van der Waals surface area contributed by atoms with Crippen molar-refractivity contribution in [3.05, 3.63) is 83.1 Å². The summed E-state index contributed by atoms with van der Waals surface area (Å²) in [6.07, 6.45) is 11.8. The Morgan fingerprint density at radius 1 is 0.896 bits per heavy atom. The molecule has 3 aromatic heterocycles. The molecule has 2 unspecified atom stereocenters. The number of aromatic nitrogens is 6. The molecular weight excluding hydrogens is 1000 g/mol. The quantitative estimate of drug-likeness (QED) is 0.0728. The van der Waals surface area contributed by atoms with E-state index in [1.54, 1.807) is 51.8 Å². The van der Waals surface area contributed by atoms with Crippen molar-refractivity contribution in [3.63, 3.8) is 0 Å². The van der Waals surface area contributed by atoms with Gasteiger partial charge >= 0.3 is 0 Å². The number of amides is 4. The number of anilines is 3. The summed E-state index contributed by atoms with van der Waals surface area (Å²) in [5.41, 5.74) is 4.85. The molecule has 21 nitrogen and oxygen atoms in total. The summed E-state index contributed by atoms with van der Waals surface area (Å²) in [7, 11) is -2.17. The molecule has 2 saturated heterocycles. The number of fused-ring (bicyclic) bond motifs is 2.